The fraction of sp³-hybridized carbons (Fsp3) is 0.292. The average molecular weight is 420 g/mol. The van der Waals surface area contributed by atoms with Gasteiger partial charge in [-0.3, -0.25) is 4.79 Å². The molecule has 0 aliphatic carbocycles. The van der Waals surface area contributed by atoms with E-state index in [-0.39, 0.29) is 19.5 Å². The second kappa shape index (κ2) is 7.67. The van der Waals surface area contributed by atoms with Crippen molar-refractivity contribution < 1.29 is 23.7 Å². The summed E-state index contributed by atoms with van der Waals surface area (Å²) in [7, 11) is 3.75. The average Bonchev–Trinajstić information content (AvgIpc) is 3.52. The number of carbonyl (C=O) groups excluding carboxylic acids is 1. The molecule has 0 saturated carbocycles. The van der Waals surface area contributed by atoms with Crippen LogP contribution in [0.3, 0.4) is 0 Å². The van der Waals surface area contributed by atoms with Crippen molar-refractivity contribution in [2.45, 2.75) is 19.9 Å². The van der Waals surface area contributed by atoms with Gasteiger partial charge in [0.2, 0.25) is 13.6 Å². The van der Waals surface area contributed by atoms with Crippen molar-refractivity contribution >= 4 is 16.7 Å². The van der Waals surface area contributed by atoms with Crippen LogP contribution in [-0.4, -0.2) is 33.6 Å². The molecule has 0 fully saturated rings. The number of rotatable bonds is 2. The van der Waals surface area contributed by atoms with E-state index in [1.807, 2.05) is 44.4 Å². The fourth-order valence-corrected chi connectivity index (χ4v) is 4.51. The van der Waals surface area contributed by atoms with Gasteiger partial charge in [-0.05, 0) is 66.4 Å². The molecule has 2 N–H and O–H groups in total. The normalized spacial score (nSPS) is 14.9. The zero-order valence-electron chi connectivity index (χ0n) is 17.8. The quantitative estimate of drug-likeness (QED) is 0.660. The molecule has 160 valence electrons. The van der Waals surface area contributed by atoms with Crippen LogP contribution in [0.5, 0.6) is 23.0 Å². The first-order valence-electron chi connectivity index (χ1n) is 10.3. The molecule has 0 aromatic heterocycles. The molecular formula is C24H24N2O5. The Morgan fingerprint density at radius 1 is 0.935 bits per heavy atom. The fourth-order valence-electron chi connectivity index (χ4n) is 4.51. The number of aryl methyl sites for hydroxylation is 1. The van der Waals surface area contributed by atoms with Crippen molar-refractivity contribution in [1.29, 1.82) is 0 Å². The summed E-state index contributed by atoms with van der Waals surface area (Å²) in [4.78, 5) is 12.7. The van der Waals surface area contributed by atoms with Gasteiger partial charge in [-0.15, -0.1) is 0 Å². The standard InChI is InChI=1S/C22H17NO5.C2H7N/c1-2-12-13-4-6-16-21(28-10-26-16)20(13)18(14-8-23-22(24)19(12)14)11-3-5-15-17(7-11)27-9-25-15;1-3-2/h3-7H,2,8-10H2,1H3,(H,23,24);3H,1-2H3. The SMILES string of the molecule is CCc1c2c(c(-c3ccc4c(c3)OCO4)c3c4c(ccc13)OCO4)CNC2=O.CNC. The van der Waals surface area contributed by atoms with Crippen LogP contribution in [0, 0.1) is 0 Å². The Morgan fingerprint density at radius 2 is 1.65 bits per heavy atom. The summed E-state index contributed by atoms with van der Waals surface area (Å²) in [6.07, 6.45) is 0.757. The Morgan fingerprint density at radius 3 is 2.45 bits per heavy atom. The van der Waals surface area contributed by atoms with Crippen LogP contribution < -0.4 is 29.6 Å². The second-order valence-corrected chi connectivity index (χ2v) is 7.53. The molecule has 7 heteroatoms. The number of fused-ring (bicyclic) bond motifs is 5. The van der Waals surface area contributed by atoms with Crippen molar-refractivity contribution in [1.82, 2.24) is 10.6 Å². The number of hydrogen-bond donors (Lipinski definition) is 2. The zero-order valence-corrected chi connectivity index (χ0v) is 17.8. The van der Waals surface area contributed by atoms with Gasteiger partial charge in [0.25, 0.3) is 5.91 Å². The highest BCUT2D eigenvalue weighted by atomic mass is 16.7. The summed E-state index contributed by atoms with van der Waals surface area (Å²) >= 11 is 0. The maximum atomic E-state index is 12.7. The van der Waals surface area contributed by atoms with Gasteiger partial charge >= 0.3 is 0 Å². The molecule has 0 unspecified atom stereocenters. The summed E-state index contributed by atoms with van der Waals surface area (Å²) in [6.45, 7) is 2.99. The lowest BCUT2D eigenvalue weighted by molar-refractivity contribution is 0.0965. The summed E-state index contributed by atoms with van der Waals surface area (Å²) in [5.41, 5.74) is 4.77. The van der Waals surface area contributed by atoms with Crippen LogP contribution >= 0.6 is 0 Å². The maximum absolute atomic E-state index is 12.7. The Bertz CT molecular complexity index is 1200. The van der Waals surface area contributed by atoms with Crippen LogP contribution in [-0.2, 0) is 13.0 Å². The highest BCUT2D eigenvalue weighted by Gasteiger charge is 2.32. The van der Waals surface area contributed by atoms with Crippen LogP contribution in [0.4, 0.5) is 0 Å². The van der Waals surface area contributed by atoms with E-state index >= 15 is 0 Å². The van der Waals surface area contributed by atoms with Crippen molar-refractivity contribution in [2.24, 2.45) is 0 Å². The molecule has 0 radical (unpaired) electrons. The summed E-state index contributed by atoms with van der Waals surface area (Å²) in [5, 5.41) is 7.76. The van der Waals surface area contributed by atoms with E-state index < -0.39 is 0 Å². The van der Waals surface area contributed by atoms with Gasteiger partial charge in [0, 0.05) is 17.5 Å². The van der Waals surface area contributed by atoms with Gasteiger partial charge in [0.05, 0.1) is 0 Å². The van der Waals surface area contributed by atoms with Crippen molar-refractivity contribution in [3.8, 4) is 34.1 Å². The number of benzene rings is 3. The van der Waals surface area contributed by atoms with E-state index in [4.69, 9.17) is 18.9 Å². The smallest absolute Gasteiger partial charge is 0.252 e. The third kappa shape index (κ3) is 2.96. The molecule has 0 spiro atoms. The molecule has 3 aromatic rings. The lowest BCUT2D eigenvalue weighted by Crippen LogP contribution is -2.13. The molecule has 0 bridgehead atoms. The monoisotopic (exact) mass is 420 g/mol. The summed E-state index contributed by atoms with van der Waals surface area (Å²) in [6, 6.07) is 9.85. The molecule has 6 rings (SSSR count). The Hall–Kier alpha value is -3.45. The Kier molecular flexibility index (Phi) is 4.82. The van der Waals surface area contributed by atoms with E-state index in [2.05, 4.69) is 17.6 Å². The molecule has 3 aliphatic rings. The van der Waals surface area contributed by atoms with Crippen molar-refractivity contribution in [3.63, 3.8) is 0 Å². The Balaban J connectivity index is 0.000000646. The topological polar surface area (TPSA) is 78.1 Å². The molecule has 0 saturated heterocycles. The van der Waals surface area contributed by atoms with Crippen LogP contribution in [0.15, 0.2) is 30.3 Å². The summed E-state index contributed by atoms with van der Waals surface area (Å²) < 4.78 is 22.6. The molecule has 0 atom stereocenters. The third-order valence-electron chi connectivity index (χ3n) is 5.69. The van der Waals surface area contributed by atoms with Crippen molar-refractivity contribution in [2.75, 3.05) is 27.7 Å². The number of ether oxygens (including phenoxy) is 4. The van der Waals surface area contributed by atoms with Crippen LogP contribution in [0.1, 0.15) is 28.4 Å². The van der Waals surface area contributed by atoms with Gasteiger partial charge in [-0.25, -0.2) is 0 Å². The molecule has 3 aromatic carbocycles. The van der Waals surface area contributed by atoms with Gasteiger partial charge in [-0.2, -0.15) is 0 Å². The van der Waals surface area contributed by atoms with E-state index in [1.54, 1.807) is 0 Å². The number of hydrogen-bond acceptors (Lipinski definition) is 6. The first-order valence-corrected chi connectivity index (χ1v) is 10.3. The van der Waals surface area contributed by atoms with E-state index in [9.17, 15) is 4.79 Å². The number of carbonyl (C=O) groups is 1. The molecule has 3 aliphatic heterocycles. The molecule has 3 heterocycles. The largest absolute Gasteiger partial charge is 0.454 e. The van der Waals surface area contributed by atoms with Gasteiger partial charge < -0.3 is 29.6 Å². The first kappa shape index (κ1) is 19.5. The van der Waals surface area contributed by atoms with Gasteiger partial charge in [0.1, 0.15) is 0 Å². The molecular weight excluding hydrogens is 396 g/mol. The highest BCUT2D eigenvalue weighted by molar-refractivity contribution is 6.14. The Labute approximate surface area is 180 Å². The maximum Gasteiger partial charge on any atom is 0.252 e. The van der Waals surface area contributed by atoms with Crippen molar-refractivity contribution in [3.05, 3.63) is 47.0 Å². The van der Waals surface area contributed by atoms with Crippen LogP contribution in [0.2, 0.25) is 0 Å². The minimum atomic E-state index is -0.0200. The molecule has 1 amide bonds. The van der Waals surface area contributed by atoms with Crippen LogP contribution in [0.25, 0.3) is 21.9 Å². The zero-order chi connectivity index (χ0) is 21.5. The lowest BCUT2D eigenvalue weighted by Gasteiger charge is -2.18. The second-order valence-electron chi connectivity index (χ2n) is 7.53. The number of amides is 1. The third-order valence-corrected chi connectivity index (χ3v) is 5.69. The number of nitrogens with one attached hydrogen (secondary N) is 2. The molecule has 31 heavy (non-hydrogen) atoms. The molecule has 7 nitrogen and oxygen atoms in total. The lowest BCUT2D eigenvalue weighted by atomic mass is 9.85. The predicted molar refractivity (Wildman–Crippen MR) is 117 cm³/mol. The van der Waals surface area contributed by atoms with Gasteiger partial charge in [0.15, 0.2) is 23.0 Å². The summed E-state index contributed by atoms with van der Waals surface area (Å²) in [5.74, 6) is 2.89. The van der Waals surface area contributed by atoms with E-state index in [0.717, 1.165) is 62.3 Å². The van der Waals surface area contributed by atoms with E-state index in [0.29, 0.717) is 12.3 Å². The minimum absolute atomic E-state index is 0.0200. The minimum Gasteiger partial charge on any atom is -0.454 e. The first-order chi connectivity index (χ1) is 15.2. The van der Waals surface area contributed by atoms with Gasteiger partial charge in [-0.1, -0.05) is 19.1 Å². The van der Waals surface area contributed by atoms with E-state index in [1.165, 1.54) is 0 Å². The highest BCUT2D eigenvalue weighted by Crippen LogP contribution is 2.49. The predicted octanol–water partition coefficient (Wildman–Crippen LogP) is 3.61.